The average molecular weight is 357 g/mol. The molecule has 0 amide bonds. The number of nitrogens with one attached hydrogen (secondary N) is 1. The third kappa shape index (κ3) is 3.54. The van der Waals surface area contributed by atoms with Crippen molar-refractivity contribution in [3.8, 4) is 0 Å². The molecule has 6 heteroatoms. The molecule has 0 radical (unpaired) electrons. The van der Waals surface area contributed by atoms with Crippen molar-refractivity contribution in [1.29, 1.82) is 0 Å². The van der Waals surface area contributed by atoms with Crippen LogP contribution in [0, 0.1) is 0 Å². The van der Waals surface area contributed by atoms with Gasteiger partial charge < -0.3 is 9.72 Å². The van der Waals surface area contributed by atoms with Gasteiger partial charge in [-0.1, -0.05) is 11.6 Å². The van der Waals surface area contributed by atoms with Crippen molar-refractivity contribution in [3.05, 3.63) is 58.3 Å². The van der Waals surface area contributed by atoms with E-state index < -0.39 is 0 Å². The van der Waals surface area contributed by atoms with E-state index in [9.17, 15) is 0 Å². The SMILES string of the molecule is COCCc1ncc(CN2CCc3c([nH]c4ccc(Cl)cc34)C2)cn1. The maximum atomic E-state index is 6.15. The van der Waals surface area contributed by atoms with Gasteiger partial charge in [0.2, 0.25) is 0 Å². The first kappa shape index (κ1) is 16.5. The summed E-state index contributed by atoms with van der Waals surface area (Å²) in [4.78, 5) is 14.8. The summed E-state index contributed by atoms with van der Waals surface area (Å²) in [6.07, 6.45) is 5.64. The molecule has 25 heavy (non-hydrogen) atoms. The van der Waals surface area contributed by atoms with Gasteiger partial charge in [-0.25, -0.2) is 9.97 Å². The van der Waals surface area contributed by atoms with Crippen molar-refractivity contribution in [3.63, 3.8) is 0 Å². The number of rotatable bonds is 5. The van der Waals surface area contributed by atoms with Crippen molar-refractivity contribution in [2.45, 2.75) is 25.9 Å². The molecule has 3 heterocycles. The zero-order valence-corrected chi connectivity index (χ0v) is 15.0. The highest BCUT2D eigenvalue weighted by Gasteiger charge is 2.20. The second-order valence-electron chi connectivity index (χ2n) is 6.48. The van der Waals surface area contributed by atoms with Crippen LogP contribution in [0.25, 0.3) is 10.9 Å². The van der Waals surface area contributed by atoms with Crippen LogP contribution in [0.3, 0.4) is 0 Å². The van der Waals surface area contributed by atoms with Crippen LogP contribution >= 0.6 is 11.6 Å². The lowest BCUT2D eigenvalue weighted by molar-refractivity contribution is 0.200. The minimum atomic E-state index is 0.651. The largest absolute Gasteiger partial charge is 0.384 e. The number of fused-ring (bicyclic) bond motifs is 3. The molecule has 3 aromatic rings. The Labute approximate surface area is 152 Å². The Morgan fingerprint density at radius 2 is 2.12 bits per heavy atom. The molecule has 1 aliphatic heterocycles. The summed E-state index contributed by atoms with van der Waals surface area (Å²) in [5.41, 5.74) is 5.01. The van der Waals surface area contributed by atoms with Crippen molar-refractivity contribution >= 4 is 22.5 Å². The number of aromatic amines is 1. The number of aromatic nitrogens is 3. The molecule has 1 aliphatic rings. The van der Waals surface area contributed by atoms with Crippen LogP contribution in [0.1, 0.15) is 22.6 Å². The number of halogens is 1. The molecule has 0 saturated heterocycles. The minimum Gasteiger partial charge on any atom is -0.384 e. The van der Waals surface area contributed by atoms with Crippen LogP contribution in [0.5, 0.6) is 0 Å². The van der Waals surface area contributed by atoms with Gasteiger partial charge in [-0.15, -0.1) is 0 Å². The fraction of sp³-hybridized carbons (Fsp3) is 0.368. The topological polar surface area (TPSA) is 54.0 Å². The number of hydrogen-bond donors (Lipinski definition) is 1. The zero-order chi connectivity index (χ0) is 17.2. The predicted octanol–water partition coefficient (Wildman–Crippen LogP) is 3.36. The third-order valence-corrected chi connectivity index (χ3v) is 4.95. The van der Waals surface area contributed by atoms with Gasteiger partial charge in [-0.05, 0) is 30.2 Å². The highest BCUT2D eigenvalue weighted by Crippen LogP contribution is 2.30. The van der Waals surface area contributed by atoms with Crippen LogP contribution in [-0.4, -0.2) is 40.1 Å². The van der Waals surface area contributed by atoms with Gasteiger partial charge in [0.1, 0.15) is 5.82 Å². The van der Waals surface area contributed by atoms with Gasteiger partial charge in [-0.3, -0.25) is 4.90 Å². The van der Waals surface area contributed by atoms with Crippen LogP contribution in [-0.2, 0) is 30.7 Å². The Balaban J connectivity index is 1.46. The molecule has 5 nitrogen and oxygen atoms in total. The average Bonchev–Trinajstić information content (AvgIpc) is 2.98. The molecule has 0 spiro atoms. The highest BCUT2D eigenvalue weighted by atomic mass is 35.5. The molecule has 0 bridgehead atoms. The van der Waals surface area contributed by atoms with Crippen molar-refractivity contribution < 1.29 is 4.74 Å². The van der Waals surface area contributed by atoms with E-state index in [1.54, 1.807) is 7.11 Å². The van der Waals surface area contributed by atoms with Crippen LogP contribution < -0.4 is 0 Å². The monoisotopic (exact) mass is 356 g/mol. The van der Waals surface area contributed by atoms with Gasteiger partial charge in [0.25, 0.3) is 0 Å². The summed E-state index contributed by atoms with van der Waals surface area (Å²) in [5, 5.41) is 2.05. The Kier molecular flexibility index (Phi) is 4.70. The molecule has 0 saturated carbocycles. The van der Waals surface area contributed by atoms with Crippen LogP contribution in [0.4, 0.5) is 0 Å². The molecule has 1 N–H and O–H groups in total. The number of methoxy groups -OCH3 is 1. The Bertz CT molecular complexity index is 875. The lowest BCUT2D eigenvalue weighted by Crippen LogP contribution is -2.30. The normalized spacial score (nSPS) is 14.8. The maximum Gasteiger partial charge on any atom is 0.130 e. The summed E-state index contributed by atoms with van der Waals surface area (Å²) >= 11 is 6.15. The van der Waals surface area contributed by atoms with Crippen molar-refractivity contribution in [2.75, 3.05) is 20.3 Å². The van der Waals surface area contributed by atoms with Crippen LogP contribution in [0.15, 0.2) is 30.6 Å². The molecule has 1 aromatic carbocycles. The van der Waals surface area contributed by atoms with Gasteiger partial charge in [-0.2, -0.15) is 0 Å². The zero-order valence-electron chi connectivity index (χ0n) is 14.3. The number of benzene rings is 1. The van der Waals surface area contributed by atoms with E-state index in [2.05, 4.69) is 32.0 Å². The molecule has 0 fully saturated rings. The first-order valence-corrected chi connectivity index (χ1v) is 8.91. The summed E-state index contributed by atoms with van der Waals surface area (Å²) in [7, 11) is 1.69. The smallest absolute Gasteiger partial charge is 0.130 e. The number of nitrogens with zero attached hydrogens (tertiary/aromatic N) is 3. The molecule has 0 atom stereocenters. The first-order valence-electron chi connectivity index (χ1n) is 8.53. The second-order valence-corrected chi connectivity index (χ2v) is 6.92. The quantitative estimate of drug-likeness (QED) is 0.761. The first-order chi connectivity index (χ1) is 12.2. The van der Waals surface area contributed by atoms with E-state index in [0.717, 1.165) is 48.9 Å². The fourth-order valence-corrected chi connectivity index (χ4v) is 3.62. The van der Waals surface area contributed by atoms with Gasteiger partial charge in [0.15, 0.2) is 0 Å². The van der Waals surface area contributed by atoms with Gasteiger partial charge in [0, 0.05) is 72.7 Å². The Morgan fingerprint density at radius 3 is 2.92 bits per heavy atom. The minimum absolute atomic E-state index is 0.651. The number of ether oxygens (including phenoxy) is 1. The lowest BCUT2D eigenvalue weighted by atomic mass is 10.0. The number of H-pyrrole nitrogens is 1. The standard InChI is InChI=1S/C19H21ClN4O/c1-25-7-5-19-21-9-13(10-22-19)11-24-6-4-15-16-8-14(20)2-3-17(16)23-18(15)12-24/h2-3,8-10,23H,4-7,11-12H2,1H3. The molecule has 0 unspecified atom stereocenters. The number of hydrogen-bond acceptors (Lipinski definition) is 4. The Morgan fingerprint density at radius 1 is 1.28 bits per heavy atom. The van der Waals surface area contributed by atoms with Gasteiger partial charge >= 0.3 is 0 Å². The van der Waals surface area contributed by atoms with Crippen molar-refractivity contribution in [1.82, 2.24) is 19.9 Å². The summed E-state index contributed by atoms with van der Waals surface area (Å²) < 4.78 is 5.06. The van der Waals surface area contributed by atoms with Crippen LogP contribution in [0.2, 0.25) is 5.02 Å². The lowest BCUT2D eigenvalue weighted by Gasteiger charge is -2.26. The van der Waals surface area contributed by atoms with E-state index >= 15 is 0 Å². The summed E-state index contributed by atoms with van der Waals surface area (Å²) in [5.74, 6) is 0.832. The van der Waals surface area contributed by atoms with E-state index in [-0.39, 0.29) is 0 Å². The summed E-state index contributed by atoms with van der Waals surface area (Å²) in [6.45, 7) is 3.45. The van der Waals surface area contributed by atoms with E-state index in [4.69, 9.17) is 16.3 Å². The molecule has 4 rings (SSSR count). The Hall–Kier alpha value is -1.95. The maximum absolute atomic E-state index is 6.15. The fourth-order valence-electron chi connectivity index (χ4n) is 3.45. The third-order valence-electron chi connectivity index (χ3n) is 4.71. The molecule has 130 valence electrons. The molecular weight excluding hydrogens is 336 g/mol. The van der Waals surface area contributed by atoms with E-state index in [1.807, 2.05) is 18.5 Å². The molecule has 2 aromatic heterocycles. The van der Waals surface area contributed by atoms with Gasteiger partial charge in [0.05, 0.1) is 6.61 Å². The molecular formula is C19H21ClN4O. The summed E-state index contributed by atoms with van der Waals surface area (Å²) in [6, 6.07) is 6.06. The molecule has 0 aliphatic carbocycles. The van der Waals surface area contributed by atoms with E-state index in [1.165, 1.54) is 22.2 Å². The predicted molar refractivity (Wildman–Crippen MR) is 98.7 cm³/mol. The van der Waals surface area contributed by atoms with Crippen molar-refractivity contribution in [2.24, 2.45) is 0 Å². The second kappa shape index (κ2) is 7.12. The highest BCUT2D eigenvalue weighted by molar-refractivity contribution is 6.31. The van der Waals surface area contributed by atoms with E-state index in [0.29, 0.717) is 6.61 Å².